The third kappa shape index (κ3) is 24.3. The van der Waals surface area contributed by atoms with Gasteiger partial charge in [-0.15, -0.1) is 0 Å². The fourth-order valence-electron chi connectivity index (χ4n) is 7.03. The van der Waals surface area contributed by atoms with E-state index >= 15 is 0 Å². The Morgan fingerprint density at radius 1 is 0.558 bits per heavy atom. The minimum Gasteiger partial charge on any atom is -0.479 e. The predicted molar refractivity (Wildman–Crippen MR) is 259 cm³/mol. The normalized spacial score (nSPS) is 17.3. The van der Waals surface area contributed by atoms with Crippen LogP contribution in [0.4, 0.5) is 0 Å². The van der Waals surface area contributed by atoms with Gasteiger partial charge in [-0.05, 0) is 51.9 Å². The second-order valence-electron chi connectivity index (χ2n) is 17.7. The fourth-order valence-corrected chi connectivity index (χ4v) is 7.03. The molecule has 0 radical (unpaired) electrons. The number of carbonyl (C=O) groups excluding carboxylic acids is 10. The zero-order chi connectivity index (χ0) is 58.4. The lowest BCUT2D eigenvalue weighted by molar-refractivity contribution is -0.173. The van der Waals surface area contributed by atoms with Crippen molar-refractivity contribution >= 4 is 71.0 Å². The molecule has 1 heterocycles. The number of nitrogens with zero attached hydrogens (tertiary/aromatic N) is 1. The Morgan fingerprint density at radius 3 is 1.52 bits per heavy atom. The lowest BCUT2D eigenvalue weighted by atomic mass is 10.1. The number of carbonyl (C=O) groups is 12. The number of piperidine rings is 1. The van der Waals surface area contributed by atoms with Crippen LogP contribution in [0, 0.1) is 0 Å². The van der Waals surface area contributed by atoms with Gasteiger partial charge in [-0.3, -0.25) is 53.2 Å². The van der Waals surface area contributed by atoms with E-state index in [0.29, 0.717) is 17.9 Å². The summed E-state index contributed by atoms with van der Waals surface area (Å²) >= 11 is 0. The number of aliphatic hydroxyl groups is 7. The number of hydrogen-bond donors (Lipinski definition) is 19. The number of amides is 10. The molecular formula is C45H74N10O22. The molecule has 0 unspecified atom stereocenters. The largest absolute Gasteiger partial charge is 0.479 e. The highest BCUT2D eigenvalue weighted by atomic mass is 16.5. The molecule has 0 spiro atoms. The number of aliphatic carboxylic acids is 2. The molecule has 32 heteroatoms. The van der Waals surface area contributed by atoms with Crippen LogP contribution in [0.2, 0.25) is 0 Å². The summed E-state index contributed by atoms with van der Waals surface area (Å²) in [4.78, 5) is 152. The van der Waals surface area contributed by atoms with E-state index in [1.165, 1.54) is 6.42 Å². The third-order valence-corrected chi connectivity index (χ3v) is 11.5. The number of hydrogen-bond acceptors (Lipinski definition) is 20. The van der Waals surface area contributed by atoms with Crippen molar-refractivity contribution in [2.45, 2.75) is 158 Å². The Kier molecular flexibility index (Phi) is 32.0. The summed E-state index contributed by atoms with van der Waals surface area (Å²) in [5, 5.41) is 117. The van der Waals surface area contributed by atoms with Gasteiger partial charge in [-0.25, -0.2) is 14.7 Å². The highest BCUT2D eigenvalue weighted by Crippen LogP contribution is 2.11. The van der Waals surface area contributed by atoms with Crippen molar-refractivity contribution in [3.8, 4) is 0 Å². The summed E-state index contributed by atoms with van der Waals surface area (Å²) in [7, 11) is 0. The second-order valence-corrected chi connectivity index (χ2v) is 17.7. The maximum Gasteiger partial charge on any atom is 0.335 e. The summed E-state index contributed by atoms with van der Waals surface area (Å²) in [6.45, 7) is -2.88. The Bertz CT molecular complexity index is 2050. The van der Waals surface area contributed by atoms with Crippen LogP contribution in [0.25, 0.3) is 0 Å². The van der Waals surface area contributed by atoms with Gasteiger partial charge < -0.3 is 93.8 Å². The van der Waals surface area contributed by atoms with Crippen LogP contribution in [0.1, 0.15) is 90.9 Å². The molecule has 1 rings (SSSR count). The van der Waals surface area contributed by atoms with Gasteiger partial charge in [0, 0.05) is 13.0 Å². The Hall–Kier alpha value is -6.94. The first-order valence-corrected chi connectivity index (χ1v) is 24.7. The van der Waals surface area contributed by atoms with Gasteiger partial charge in [-0.1, -0.05) is 44.8 Å². The molecular weight excluding hydrogens is 1030 g/mol. The van der Waals surface area contributed by atoms with Crippen LogP contribution in [-0.4, -0.2) is 233 Å². The van der Waals surface area contributed by atoms with Gasteiger partial charge in [0.1, 0.15) is 48.3 Å². The molecule has 77 heavy (non-hydrogen) atoms. The van der Waals surface area contributed by atoms with E-state index < -0.39 is 171 Å². The number of hydroxylamine groups is 2. The molecule has 0 aromatic carbocycles. The second kappa shape index (κ2) is 36.2. The van der Waals surface area contributed by atoms with Gasteiger partial charge in [0.25, 0.3) is 5.91 Å². The van der Waals surface area contributed by atoms with Crippen LogP contribution >= 0.6 is 0 Å². The van der Waals surface area contributed by atoms with Crippen LogP contribution < -0.4 is 47.9 Å². The molecule has 0 aliphatic carbocycles. The van der Waals surface area contributed by atoms with Crippen LogP contribution in [0.3, 0.4) is 0 Å². The van der Waals surface area contributed by atoms with Gasteiger partial charge in [0.15, 0.2) is 12.2 Å². The predicted octanol–water partition coefficient (Wildman–Crippen LogP) is -8.29. The van der Waals surface area contributed by atoms with Crippen LogP contribution in [0.5, 0.6) is 0 Å². The Labute approximate surface area is 441 Å². The lowest BCUT2D eigenvalue weighted by Gasteiger charge is -2.30. The third-order valence-electron chi connectivity index (χ3n) is 11.5. The number of carboxylic acids is 2. The minimum absolute atomic E-state index is 0.0228. The van der Waals surface area contributed by atoms with Crippen molar-refractivity contribution in [3.63, 3.8) is 0 Å². The molecule has 1 fully saturated rings. The average molecular weight is 1110 g/mol. The summed E-state index contributed by atoms with van der Waals surface area (Å²) < 4.78 is 0. The van der Waals surface area contributed by atoms with Crippen LogP contribution in [0.15, 0.2) is 12.2 Å². The molecule has 1 aliphatic heterocycles. The van der Waals surface area contributed by atoms with Crippen molar-refractivity contribution in [2.75, 3.05) is 39.5 Å². The zero-order valence-corrected chi connectivity index (χ0v) is 42.6. The molecule has 32 nitrogen and oxygen atoms in total. The molecule has 11 atom stereocenters. The number of allylic oxidation sites excluding steroid dienone is 2. The molecule has 436 valence electrons. The number of carboxylic acid groups (broad SMARTS) is 2. The number of rotatable bonds is 37. The first kappa shape index (κ1) is 68.1. The highest BCUT2D eigenvalue weighted by Gasteiger charge is 2.40. The van der Waals surface area contributed by atoms with Gasteiger partial charge in [-0.2, -0.15) is 0 Å². The highest BCUT2D eigenvalue weighted by molar-refractivity contribution is 6.00. The average Bonchev–Trinajstić information content (AvgIpc) is 3.39. The molecule has 0 aromatic rings. The SMILES string of the molecule is CCCCCC/C=C\CCCCCC(=O)N[C@H](C(=O)N[C@H](CO)C(=O)NCC(=O)N[C@H](CO)C(=O)N[C@@H](CO)C(=O)N[C@H](C(=O)N[C@@H](C(=O)N[C@@H](CO)C(=O)N[C@H]1CCCN(O)C1=O)[C@@H](C)O)[C@@H](O)C(=O)O)[C@H](O)C(=O)O. The topological polar surface area (TPSA) is 519 Å². The van der Waals surface area contributed by atoms with E-state index in [1.54, 1.807) is 5.32 Å². The summed E-state index contributed by atoms with van der Waals surface area (Å²) in [5.41, 5.74) is 0. The van der Waals surface area contributed by atoms with Crippen molar-refractivity contribution in [3.05, 3.63) is 12.2 Å². The van der Waals surface area contributed by atoms with Crippen molar-refractivity contribution in [1.82, 2.24) is 52.9 Å². The first-order valence-electron chi connectivity index (χ1n) is 24.7. The summed E-state index contributed by atoms with van der Waals surface area (Å²) in [5.74, 6) is -17.0. The molecule has 1 saturated heterocycles. The quantitative estimate of drug-likeness (QED) is 0.0156. The smallest absolute Gasteiger partial charge is 0.335 e. The zero-order valence-electron chi connectivity index (χ0n) is 42.6. The van der Waals surface area contributed by atoms with E-state index in [1.807, 2.05) is 38.0 Å². The number of aliphatic hydroxyl groups excluding tert-OH is 7. The monoisotopic (exact) mass is 1110 g/mol. The standard InChI is InChI=1S/C45H74N10O22/c1-3-4-5-6-7-8-9-10-11-12-13-16-29(61)52-32(34(63)44(73)74)41(70)50-25(19-56)36(65)46-18-30(62)47-26(20-57)37(66)49-28(22-59)39(68)54-33(35(64)45(75)76)42(71)53-31(23(2)60)40(69)51-27(21-58)38(67)48-24-15-14-17-55(77)43(24)72/h8-9,23-28,31-35,56-60,63-64,77H,3-7,10-22H2,1-2H3,(H,46,65)(H,47,62)(H,48,67)(H,49,66)(H,50,70)(H,51,69)(H,52,61)(H,53,71)(H,54,68)(H,73,74)(H,75,76)/b9-8-/t23-,24+,25-,26-,27+,28+,31-,32+,33+,34+,35-/m1/s1. The maximum atomic E-state index is 13.3. The number of unbranched alkanes of at least 4 members (excludes halogenated alkanes) is 7. The van der Waals surface area contributed by atoms with Gasteiger partial charge >= 0.3 is 11.9 Å². The molecule has 1 aliphatic rings. The number of nitrogens with one attached hydrogen (secondary N) is 9. The maximum absolute atomic E-state index is 13.3. The first-order chi connectivity index (χ1) is 36.4. The fraction of sp³-hybridized carbons (Fsp3) is 0.689. The Balaban J connectivity index is 2.93. The van der Waals surface area contributed by atoms with Crippen molar-refractivity contribution in [2.24, 2.45) is 0 Å². The van der Waals surface area contributed by atoms with E-state index in [-0.39, 0.29) is 25.8 Å². The lowest BCUT2D eigenvalue weighted by Crippen LogP contribution is -2.65. The Morgan fingerprint density at radius 2 is 1.00 bits per heavy atom. The van der Waals surface area contributed by atoms with Crippen molar-refractivity contribution in [1.29, 1.82) is 0 Å². The van der Waals surface area contributed by atoms with E-state index in [2.05, 4.69) is 23.6 Å². The summed E-state index contributed by atoms with van der Waals surface area (Å²) in [6.07, 6.45) is 5.12. The van der Waals surface area contributed by atoms with Gasteiger partial charge in [0.05, 0.1) is 39.1 Å². The molecule has 0 bridgehead atoms. The van der Waals surface area contributed by atoms with E-state index in [9.17, 15) is 109 Å². The van der Waals surface area contributed by atoms with E-state index in [0.717, 1.165) is 45.4 Å². The van der Waals surface area contributed by atoms with Gasteiger partial charge in [0.2, 0.25) is 53.2 Å². The minimum atomic E-state index is -2.84. The molecule has 0 saturated carbocycles. The molecule has 10 amide bonds. The van der Waals surface area contributed by atoms with Crippen LogP contribution in [-0.2, 0) is 57.5 Å². The summed E-state index contributed by atoms with van der Waals surface area (Å²) in [6, 6.07) is -16.0. The van der Waals surface area contributed by atoms with E-state index in [4.69, 9.17) is 0 Å². The molecule has 19 N–H and O–H groups in total. The van der Waals surface area contributed by atoms with Crippen molar-refractivity contribution < 1.29 is 109 Å². The molecule has 0 aromatic heterocycles.